The van der Waals surface area contributed by atoms with Crippen LogP contribution in [0.25, 0.3) is 0 Å². The third-order valence-electron chi connectivity index (χ3n) is 15.0. The van der Waals surface area contributed by atoms with Crippen LogP contribution in [-0.4, -0.2) is 37.2 Å². The predicted molar refractivity (Wildman–Crippen MR) is 362 cm³/mol. The number of allylic oxidation sites excluding steroid dienone is 20. The Morgan fingerprint density at radius 1 is 0.253 bits per heavy atom. The molecule has 1 unspecified atom stereocenters. The summed E-state index contributed by atoms with van der Waals surface area (Å²) in [4.78, 5) is 38.5. The molecule has 1 atom stereocenters. The minimum absolute atomic E-state index is 0.0969. The maximum Gasteiger partial charge on any atom is 0.306 e. The highest BCUT2D eigenvalue weighted by Gasteiger charge is 2.19. The first-order chi connectivity index (χ1) is 41.0. The first-order valence-electron chi connectivity index (χ1n) is 35.0. The van der Waals surface area contributed by atoms with E-state index >= 15 is 0 Å². The second-order valence-corrected chi connectivity index (χ2v) is 23.0. The molecular weight excluding hydrogens is 1020 g/mol. The van der Waals surface area contributed by atoms with Gasteiger partial charge in [-0.1, -0.05) is 322 Å². The molecule has 6 nitrogen and oxygen atoms in total. The monoisotopic (exact) mass is 1150 g/mol. The Bertz CT molecular complexity index is 1700. The van der Waals surface area contributed by atoms with E-state index in [9.17, 15) is 14.4 Å². The van der Waals surface area contributed by atoms with Gasteiger partial charge in [-0.25, -0.2) is 0 Å². The van der Waals surface area contributed by atoms with Gasteiger partial charge in [0.25, 0.3) is 0 Å². The van der Waals surface area contributed by atoms with Crippen molar-refractivity contribution in [3.05, 3.63) is 122 Å². The first-order valence-corrected chi connectivity index (χ1v) is 35.0. The first kappa shape index (κ1) is 78.8. The van der Waals surface area contributed by atoms with Crippen molar-refractivity contribution in [1.29, 1.82) is 0 Å². The molecule has 474 valence electrons. The molecule has 0 aliphatic carbocycles. The lowest BCUT2D eigenvalue weighted by molar-refractivity contribution is -0.167. The summed E-state index contributed by atoms with van der Waals surface area (Å²) in [5.74, 6) is -0.938. The quantitative estimate of drug-likeness (QED) is 0.0261. The Kier molecular flexibility index (Phi) is 66.7. The molecule has 0 rings (SSSR count). The van der Waals surface area contributed by atoms with Crippen molar-refractivity contribution in [2.45, 2.75) is 335 Å². The standard InChI is InChI=1S/C77H130O6/c1-4-7-10-13-16-19-22-25-28-31-34-36-37-38-39-41-43-46-49-52-55-58-61-64-67-70-76(79)82-73-74(72-81-75(78)69-66-63-60-57-54-51-48-45-42-33-30-27-24-21-18-15-12-9-6-3)83-77(80)71-68-65-62-59-56-53-50-47-44-40-35-32-29-26-23-20-17-14-11-8-5-2/h8-9,11-12,17-18,20-21,26-27,29-30,35,40,42,45,47,50-51,54,74H,4-7,10,13-16,19,22-25,28,31-34,36-39,41,43-44,46,48-49,52-53,55-73H2,1-3H3/b11-8-,12-9-,20-17-,21-18-,29-26-,30-27-,40-35-,45-42-,50-47-,54-51-. The highest BCUT2D eigenvalue weighted by atomic mass is 16.6. The molecule has 0 heterocycles. The maximum atomic E-state index is 13.0. The van der Waals surface area contributed by atoms with Gasteiger partial charge in [0.1, 0.15) is 13.2 Å². The number of unbranched alkanes of at least 4 members (excludes halogenated alkanes) is 32. The van der Waals surface area contributed by atoms with Gasteiger partial charge in [-0.3, -0.25) is 14.4 Å². The van der Waals surface area contributed by atoms with E-state index in [4.69, 9.17) is 14.2 Å². The van der Waals surface area contributed by atoms with Gasteiger partial charge in [-0.05, 0) is 109 Å². The van der Waals surface area contributed by atoms with Crippen molar-refractivity contribution < 1.29 is 28.6 Å². The molecule has 0 saturated carbocycles. The van der Waals surface area contributed by atoms with Crippen molar-refractivity contribution in [3.63, 3.8) is 0 Å². The van der Waals surface area contributed by atoms with Crippen LogP contribution in [0.3, 0.4) is 0 Å². The fourth-order valence-corrected chi connectivity index (χ4v) is 9.79. The van der Waals surface area contributed by atoms with Crippen LogP contribution in [0.4, 0.5) is 0 Å². The molecular formula is C77H130O6. The summed E-state index contributed by atoms with van der Waals surface area (Å²) < 4.78 is 17.0. The number of rotatable bonds is 63. The lowest BCUT2D eigenvalue weighted by Gasteiger charge is -2.18. The highest BCUT2D eigenvalue weighted by Crippen LogP contribution is 2.17. The highest BCUT2D eigenvalue weighted by molar-refractivity contribution is 5.71. The average Bonchev–Trinajstić information content (AvgIpc) is 3.50. The number of carbonyl (C=O) groups excluding carboxylic acids is 3. The number of carbonyl (C=O) groups is 3. The molecule has 0 aliphatic rings. The Labute approximate surface area is 513 Å². The third kappa shape index (κ3) is 68.5. The molecule has 0 fully saturated rings. The molecule has 6 heteroatoms. The molecule has 0 spiro atoms. The van der Waals surface area contributed by atoms with Gasteiger partial charge in [0, 0.05) is 19.3 Å². The van der Waals surface area contributed by atoms with Crippen LogP contribution in [0.2, 0.25) is 0 Å². The lowest BCUT2D eigenvalue weighted by Crippen LogP contribution is -2.30. The smallest absolute Gasteiger partial charge is 0.306 e. The number of hydrogen-bond donors (Lipinski definition) is 0. The van der Waals surface area contributed by atoms with Crippen molar-refractivity contribution in [1.82, 2.24) is 0 Å². The summed E-state index contributed by atoms with van der Waals surface area (Å²) in [5.41, 5.74) is 0. The van der Waals surface area contributed by atoms with E-state index in [2.05, 4.69) is 142 Å². The minimum atomic E-state index is -0.807. The molecule has 0 aromatic heterocycles. The van der Waals surface area contributed by atoms with Crippen molar-refractivity contribution in [3.8, 4) is 0 Å². The SMILES string of the molecule is CC/C=C\C/C=C\C/C=C\C/C=C\C/C=C\CCCCCCCC(=O)OC(COC(=O)CCCCC/C=C\C/C=C\C/C=C\C/C=C\C/C=C\CC)COC(=O)CCCCCCCCCCCCCCCCCCCCCCCCCCC. The van der Waals surface area contributed by atoms with Crippen LogP contribution in [-0.2, 0) is 28.6 Å². The third-order valence-corrected chi connectivity index (χ3v) is 15.0. The second-order valence-electron chi connectivity index (χ2n) is 23.0. The van der Waals surface area contributed by atoms with Gasteiger partial charge in [0.05, 0.1) is 0 Å². The molecule has 0 saturated heterocycles. The van der Waals surface area contributed by atoms with Gasteiger partial charge >= 0.3 is 17.9 Å². The van der Waals surface area contributed by atoms with Crippen LogP contribution in [0.15, 0.2) is 122 Å². The van der Waals surface area contributed by atoms with Crippen molar-refractivity contribution in [2.75, 3.05) is 13.2 Å². The van der Waals surface area contributed by atoms with E-state index in [0.717, 1.165) is 148 Å². The van der Waals surface area contributed by atoms with Crippen LogP contribution < -0.4 is 0 Å². The molecule has 0 aromatic rings. The molecule has 0 bridgehead atoms. The fraction of sp³-hybridized carbons (Fsp3) is 0.701. The van der Waals surface area contributed by atoms with Crippen LogP contribution in [0, 0.1) is 0 Å². The number of hydrogen-bond acceptors (Lipinski definition) is 6. The van der Waals surface area contributed by atoms with E-state index in [0.29, 0.717) is 19.3 Å². The Morgan fingerprint density at radius 3 is 0.747 bits per heavy atom. The van der Waals surface area contributed by atoms with Gasteiger partial charge in [0.2, 0.25) is 0 Å². The van der Waals surface area contributed by atoms with E-state index in [1.807, 2.05) is 0 Å². The van der Waals surface area contributed by atoms with E-state index < -0.39 is 6.10 Å². The van der Waals surface area contributed by atoms with Crippen molar-refractivity contribution >= 4 is 17.9 Å². The lowest BCUT2D eigenvalue weighted by atomic mass is 10.0. The second kappa shape index (κ2) is 70.3. The van der Waals surface area contributed by atoms with Gasteiger partial charge < -0.3 is 14.2 Å². The topological polar surface area (TPSA) is 78.9 Å². The van der Waals surface area contributed by atoms with Crippen LogP contribution in [0.1, 0.15) is 329 Å². The maximum absolute atomic E-state index is 13.0. The minimum Gasteiger partial charge on any atom is -0.462 e. The summed E-state index contributed by atoms with van der Waals surface area (Å²) in [6, 6.07) is 0. The van der Waals surface area contributed by atoms with Crippen LogP contribution >= 0.6 is 0 Å². The summed E-state index contributed by atoms with van der Waals surface area (Å²) >= 11 is 0. The zero-order valence-electron chi connectivity index (χ0n) is 54.4. The molecule has 0 N–H and O–H groups in total. The molecule has 0 aliphatic heterocycles. The Balaban J connectivity index is 4.43. The predicted octanol–water partition coefficient (Wildman–Crippen LogP) is 24.3. The fourth-order valence-electron chi connectivity index (χ4n) is 9.79. The van der Waals surface area contributed by atoms with E-state index in [1.165, 1.54) is 141 Å². The zero-order chi connectivity index (χ0) is 59.9. The average molecular weight is 1150 g/mol. The molecule has 0 aromatic carbocycles. The van der Waals surface area contributed by atoms with Gasteiger partial charge in [0.15, 0.2) is 6.10 Å². The number of ether oxygens (including phenoxy) is 3. The summed E-state index contributed by atoms with van der Waals surface area (Å²) in [7, 11) is 0. The summed E-state index contributed by atoms with van der Waals surface area (Å²) in [6.45, 7) is 6.41. The van der Waals surface area contributed by atoms with Crippen LogP contribution in [0.5, 0.6) is 0 Å². The van der Waals surface area contributed by atoms with Gasteiger partial charge in [-0.15, -0.1) is 0 Å². The zero-order valence-corrected chi connectivity index (χ0v) is 54.4. The molecule has 83 heavy (non-hydrogen) atoms. The molecule has 0 radical (unpaired) electrons. The summed E-state index contributed by atoms with van der Waals surface area (Å²) in [6.07, 6.45) is 97.9. The molecule has 0 amide bonds. The Morgan fingerprint density at radius 2 is 0.470 bits per heavy atom. The largest absolute Gasteiger partial charge is 0.462 e. The number of esters is 3. The summed E-state index contributed by atoms with van der Waals surface area (Å²) in [5, 5.41) is 0. The Hall–Kier alpha value is -4.19. The van der Waals surface area contributed by atoms with Gasteiger partial charge in [-0.2, -0.15) is 0 Å². The van der Waals surface area contributed by atoms with E-state index in [1.54, 1.807) is 0 Å². The van der Waals surface area contributed by atoms with Crippen molar-refractivity contribution in [2.24, 2.45) is 0 Å². The van der Waals surface area contributed by atoms with E-state index in [-0.39, 0.29) is 31.1 Å². The normalized spacial score (nSPS) is 12.9.